The fourth-order valence-corrected chi connectivity index (χ4v) is 3.11. The summed E-state index contributed by atoms with van der Waals surface area (Å²) in [5.41, 5.74) is 1.83. The summed E-state index contributed by atoms with van der Waals surface area (Å²) >= 11 is 0. The number of para-hydroxylation sites is 2. The van der Waals surface area contributed by atoms with Crippen molar-refractivity contribution in [2.45, 2.75) is 13.8 Å². The zero-order chi connectivity index (χ0) is 22.0. The summed E-state index contributed by atoms with van der Waals surface area (Å²) in [7, 11) is 3.48. The van der Waals surface area contributed by atoms with Crippen molar-refractivity contribution in [3.63, 3.8) is 0 Å². The first-order chi connectivity index (χ1) is 14.3. The van der Waals surface area contributed by atoms with Crippen molar-refractivity contribution in [1.82, 2.24) is 18.7 Å². The molecule has 30 heavy (non-hydrogen) atoms. The molecule has 0 aliphatic carbocycles. The van der Waals surface area contributed by atoms with E-state index >= 15 is 0 Å². The number of hydrogen-bond donors (Lipinski definition) is 2. The van der Waals surface area contributed by atoms with Crippen LogP contribution in [-0.4, -0.2) is 28.9 Å². The lowest BCUT2D eigenvalue weighted by Gasteiger charge is -2.06. The number of aromatic hydroxyl groups is 2. The Morgan fingerprint density at radius 3 is 1.13 bits per heavy atom. The van der Waals surface area contributed by atoms with Gasteiger partial charge in [-0.2, -0.15) is 0 Å². The fourth-order valence-electron chi connectivity index (χ4n) is 3.11. The fraction of sp³-hybridized carbons (Fsp3) is 0.182. The van der Waals surface area contributed by atoms with Gasteiger partial charge in [-0.3, -0.25) is 19.0 Å². The summed E-state index contributed by atoms with van der Waals surface area (Å²) in [6.07, 6.45) is 0. The summed E-state index contributed by atoms with van der Waals surface area (Å²) in [6.45, 7) is 3.41. The summed E-state index contributed by atoms with van der Waals surface area (Å²) in [6, 6.07) is 18.4. The number of hydrogen-bond acceptors (Lipinski definition) is 4. The molecule has 0 saturated heterocycles. The van der Waals surface area contributed by atoms with Gasteiger partial charge in [-0.25, -0.2) is 9.36 Å². The maximum atomic E-state index is 11.7. The van der Waals surface area contributed by atoms with E-state index in [1.54, 1.807) is 37.3 Å². The van der Waals surface area contributed by atoms with Crippen LogP contribution in [0.2, 0.25) is 0 Å². The highest BCUT2D eigenvalue weighted by Gasteiger charge is 2.14. The topological polar surface area (TPSA) is 94.3 Å². The predicted octanol–water partition coefficient (Wildman–Crippen LogP) is 2.38. The lowest BCUT2D eigenvalue weighted by Crippen LogP contribution is -2.19. The molecule has 156 valence electrons. The average molecular weight is 408 g/mol. The van der Waals surface area contributed by atoms with Gasteiger partial charge < -0.3 is 10.2 Å². The number of aromatic nitrogens is 4. The molecular weight excluding hydrogens is 384 g/mol. The van der Waals surface area contributed by atoms with Crippen LogP contribution in [0.1, 0.15) is 11.4 Å². The molecule has 0 spiro atoms. The average Bonchev–Trinajstić information content (AvgIpc) is 3.08. The van der Waals surface area contributed by atoms with Crippen LogP contribution in [0.25, 0.3) is 11.4 Å². The zero-order valence-electron chi connectivity index (χ0n) is 17.3. The van der Waals surface area contributed by atoms with E-state index in [0.717, 1.165) is 11.4 Å². The molecule has 8 nitrogen and oxygen atoms in total. The number of nitrogens with zero attached hydrogens (tertiary/aromatic N) is 4. The molecule has 4 aromatic rings. The predicted molar refractivity (Wildman–Crippen MR) is 115 cm³/mol. The first-order valence-electron chi connectivity index (χ1n) is 9.31. The van der Waals surface area contributed by atoms with Crippen molar-refractivity contribution < 1.29 is 10.2 Å². The van der Waals surface area contributed by atoms with Gasteiger partial charge in [0.15, 0.2) is 0 Å². The lowest BCUT2D eigenvalue weighted by atomic mass is 10.3. The van der Waals surface area contributed by atoms with Crippen LogP contribution < -0.4 is 11.1 Å². The Morgan fingerprint density at radius 1 is 0.600 bits per heavy atom. The van der Waals surface area contributed by atoms with E-state index in [0.29, 0.717) is 11.4 Å². The Balaban J connectivity index is 0.000000171. The molecule has 0 aliphatic rings. The van der Waals surface area contributed by atoms with Gasteiger partial charge in [0.25, 0.3) is 0 Å². The molecule has 2 N–H and O–H groups in total. The van der Waals surface area contributed by atoms with Crippen LogP contribution in [0.3, 0.4) is 0 Å². The molecule has 0 unspecified atom stereocenters. The molecule has 0 saturated carbocycles. The quantitative estimate of drug-likeness (QED) is 0.532. The summed E-state index contributed by atoms with van der Waals surface area (Å²) in [5, 5.41) is 19.0. The molecule has 0 fully saturated rings. The number of rotatable bonds is 2. The van der Waals surface area contributed by atoms with E-state index in [1.807, 2.05) is 60.7 Å². The molecule has 0 atom stereocenters. The van der Waals surface area contributed by atoms with Gasteiger partial charge in [0.05, 0.1) is 22.8 Å². The van der Waals surface area contributed by atoms with Crippen molar-refractivity contribution in [2.24, 2.45) is 14.1 Å². The molecule has 4 rings (SSSR count). The third kappa shape index (κ3) is 3.55. The van der Waals surface area contributed by atoms with E-state index in [-0.39, 0.29) is 22.6 Å². The van der Waals surface area contributed by atoms with Crippen molar-refractivity contribution in [1.29, 1.82) is 0 Å². The summed E-state index contributed by atoms with van der Waals surface area (Å²) < 4.78 is 6.13. The van der Waals surface area contributed by atoms with Gasteiger partial charge in [-0.1, -0.05) is 36.4 Å². The highest BCUT2D eigenvalue weighted by atomic mass is 16.3. The highest BCUT2D eigenvalue weighted by molar-refractivity contribution is 5.36. The maximum absolute atomic E-state index is 11.7. The van der Waals surface area contributed by atoms with Crippen LogP contribution >= 0.6 is 0 Å². The lowest BCUT2D eigenvalue weighted by molar-refractivity contribution is 0.464. The van der Waals surface area contributed by atoms with Gasteiger partial charge in [0.2, 0.25) is 11.5 Å². The van der Waals surface area contributed by atoms with Crippen LogP contribution in [0, 0.1) is 13.8 Å². The molecule has 0 amide bonds. The third-order valence-electron chi connectivity index (χ3n) is 5.05. The van der Waals surface area contributed by atoms with E-state index in [1.165, 1.54) is 9.36 Å². The second-order valence-electron chi connectivity index (χ2n) is 6.82. The second kappa shape index (κ2) is 8.20. The van der Waals surface area contributed by atoms with E-state index in [4.69, 9.17) is 0 Å². The molecule has 2 aromatic carbocycles. The van der Waals surface area contributed by atoms with E-state index in [9.17, 15) is 19.8 Å². The van der Waals surface area contributed by atoms with E-state index < -0.39 is 0 Å². The minimum Gasteiger partial charge on any atom is -0.502 e. The van der Waals surface area contributed by atoms with Crippen molar-refractivity contribution in [3.05, 3.63) is 92.8 Å². The largest absolute Gasteiger partial charge is 0.502 e. The molecule has 8 heteroatoms. The van der Waals surface area contributed by atoms with Crippen molar-refractivity contribution in [3.8, 4) is 22.9 Å². The van der Waals surface area contributed by atoms with Gasteiger partial charge in [0, 0.05) is 14.1 Å². The Hall–Kier alpha value is -3.94. The normalized spacial score (nSPS) is 10.5. The molecular formula is C22H24N4O4. The van der Waals surface area contributed by atoms with Gasteiger partial charge >= 0.3 is 11.1 Å². The smallest absolute Gasteiger partial charge is 0.313 e. The minimum absolute atomic E-state index is 0.193. The van der Waals surface area contributed by atoms with Crippen molar-refractivity contribution in [2.75, 3.05) is 0 Å². The highest BCUT2D eigenvalue weighted by Crippen LogP contribution is 2.14. The van der Waals surface area contributed by atoms with E-state index in [2.05, 4.69) is 0 Å². The Morgan fingerprint density at radius 2 is 0.900 bits per heavy atom. The standard InChI is InChI=1S/2C11H12N2O2/c2*1-8-10(14)11(15)13(12(8)2)9-6-4-3-5-7-9/h2*3-7,14H,1-2H3. The van der Waals surface area contributed by atoms with Crippen molar-refractivity contribution >= 4 is 0 Å². The molecule has 2 heterocycles. The summed E-state index contributed by atoms with van der Waals surface area (Å²) in [5.74, 6) is -0.386. The Kier molecular flexibility index (Phi) is 5.68. The minimum atomic E-state index is -0.388. The number of benzene rings is 2. The van der Waals surface area contributed by atoms with Crippen LogP contribution in [0.4, 0.5) is 0 Å². The molecule has 0 bridgehead atoms. The van der Waals surface area contributed by atoms with Crippen LogP contribution in [-0.2, 0) is 14.1 Å². The maximum Gasteiger partial charge on any atom is 0.313 e. The molecule has 0 aliphatic heterocycles. The van der Waals surface area contributed by atoms with Gasteiger partial charge in [0.1, 0.15) is 0 Å². The summed E-state index contributed by atoms with van der Waals surface area (Å²) in [4.78, 5) is 23.4. The zero-order valence-corrected chi connectivity index (χ0v) is 17.3. The van der Waals surface area contributed by atoms with Crippen LogP contribution in [0.15, 0.2) is 70.3 Å². The Bertz CT molecular complexity index is 1180. The van der Waals surface area contributed by atoms with Crippen LogP contribution in [0.5, 0.6) is 11.5 Å². The first kappa shape index (κ1) is 20.8. The Labute approximate surface area is 173 Å². The first-order valence-corrected chi connectivity index (χ1v) is 9.31. The SMILES string of the molecule is Cc1c(O)c(=O)n(-c2ccccc2)n1C.Cc1c(O)c(=O)n(-c2ccccc2)n1C. The second-order valence-corrected chi connectivity index (χ2v) is 6.82. The van der Waals surface area contributed by atoms with Gasteiger partial charge in [-0.05, 0) is 38.1 Å². The third-order valence-corrected chi connectivity index (χ3v) is 5.05. The molecule has 2 aromatic heterocycles. The molecule has 0 radical (unpaired) electrons. The monoisotopic (exact) mass is 408 g/mol. The van der Waals surface area contributed by atoms with Gasteiger partial charge in [-0.15, -0.1) is 0 Å².